The molecule has 1 amide bonds. The summed E-state index contributed by atoms with van der Waals surface area (Å²) in [5, 5.41) is 6.99. The Balaban J connectivity index is 1.51. The molecule has 4 rings (SSSR count). The fourth-order valence-corrected chi connectivity index (χ4v) is 2.71. The second-order valence-corrected chi connectivity index (χ2v) is 5.93. The Labute approximate surface area is 154 Å². The molecule has 0 radical (unpaired) electrons. The first-order chi connectivity index (χ1) is 13.2. The van der Waals surface area contributed by atoms with Crippen LogP contribution in [0.3, 0.4) is 0 Å². The van der Waals surface area contributed by atoms with E-state index in [0.717, 1.165) is 10.2 Å². The van der Waals surface area contributed by atoms with Crippen LogP contribution in [0.1, 0.15) is 5.76 Å². The number of rotatable bonds is 5. The van der Waals surface area contributed by atoms with Gasteiger partial charge in [-0.25, -0.2) is 4.68 Å². The molecular formula is C19H17N3O5. The molecule has 0 atom stereocenters. The van der Waals surface area contributed by atoms with Crippen molar-refractivity contribution in [2.75, 3.05) is 13.2 Å². The van der Waals surface area contributed by atoms with E-state index in [2.05, 4.69) is 10.4 Å². The Morgan fingerprint density at radius 3 is 2.78 bits per heavy atom. The van der Waals surface area contributed by atoms with E-state index in [9.17, 15) is 9.59 Å². The molecule has 1 aliphatic rings. The van der Waals surface area contributed by atoms with Gasteiger partial charge in [0.25, 0.3) is 5.56 Å². The van der Waals surface area contributed by atoms with Crippen molar-refractivity contribution in [2.45, 2.75) is 13.1 Å². The van der Waals surface area contributed by atoms with Crippen LogP contribution in [0.25, 0.3) is 11.3 Å². The van der Waals surface area contributed by atoms with Crippen molar-refractivity contribution in [1.82, 2.24) is 15.1 Å². The topological polar surface area (TPSA) is 95.6 Å². The van der Waals surface area contributed by atoms with Crippen LogP contribution in [0.5, 0.6) is 11.5 Å². The SMILES string of the molecule is O=C(Cn1nc(-c2ccc3c(c2)OCCO3)ccc1=O)NCc1ccco1. The van der Waals surface area contributed by atoms with E-state index in [1.54, 1.807) is 24.3 Å². The van der Waals surface area contributed by atoms with Crippen molar-refractivity contribution in [3.63, 3.8) is 0 Å². The van der Waals surface area contributed by atoms with Gasteiger partial charge in [-0.15, -0.1) is 0 Å². The summed E-state index contributed by atoms with van der Waals surface area (Å²) in [4.78, 5) is 24.2. The number of nitrogens with zero attached hydrogens (tertiary/aromatic N) is 2. The smallest absolute Gasteiger partial charge is 0.267 e. The quantitative estimate of drug-likeness (QED) is 0.736. The Morgan fingerprint density at radius 2 is 1.96 bits per heavy atom. The van der Waals surface area contributed by atoms with Gasteiger partial charge in [-0.1, -0.05) is 0 Å². The number of furan rings is 1. The normalized spacial score (nSPS) is 12.6. The van der Waals surface area contributed by atoms with Crippen LogP contribution in [-0.2, 0) is 17.9 Å². The highest BCUT2D eigenvalue weighted by Crippen LogP contribution is 2.33. The number of ether oxygens (including phenoxy) is 2. The Kier molecular flexibility index (Phi) is 4.61. The summed E-state index contributed by atoms with van der Waals surface area (Å²) >= 11 is 0. The lowest BCUT2D eigenvalue weighted by Gasteiger charge is -2.18. The fraction of sp³-hybridized carbons (Fsp3) is 0.211. The molecule has 8 nitrogen and oxygen atoms in total. The van der Waals surface area contributed by atoms with E-state index in [1.807, 2.05) is 12.1 Å². The zero-order valence-corrected chi connectivity index (χ0v) is 14.4. The standard InChI is InChI=1S/C19H17N3O5/c23-18(20-11-14-2-1-7-25-14)12-22-19(24)6-4-15(21-22)13-3-5-16-17(10-13)27-9-8-26-16/h1-7,10H,8-9,11-12H2,(H,20,23). The Morgan fingerprint density at radius 1 is 1.11 bits per heavy atom. The summed E-state index contributed by atoms with van der Waals surface area (Å²) in [7, 11) is 0. The predicted molar refractivity (Wildman–Crippen MR) is 95.5 cm³/mol. The molecule has 0 bridgehead atoms. The first-order valence-electron chi connectivity index (χ1n) is 8.46. The van der Waals surface area contributed by atoms with Gasteiger partial charge in [0.1, 0.15) is 25.5 Å². The molecule has 2 aromatic heterocycles. The molecule has 27 heavy (non-hydrogen) atoms. The molecule has 138 valence electrons. The molecule has 0 aliphatic carbocycles. The summed E-state index contributed by atoms with van der Waals surface area (Å²) in [5.41, 5.74) is 0.971. The maximum Gasteiger partial charge on any atom is 0.267 e. The van der Waals surface area contributed by atoms with Gasteiger partial charge in [0.15, 0.2) is 11.5 Å². The number of benzene rings is 1. The fourth-order valence-electron chi connectivity index (χ4n) is 2.71. The molecule has 1 N–H and O–H groups in total. The summed E-state index contributed by atoms with van der Waals surface area (Å²) < 4.78 is 17.4. The van der Waals surface area contributed by atoms with Crippen LogP contribution in [0, 0.1) is 0 Å². The number of fused-ring (bicyclic) bond motifs is 1. The second-order valence-electron chi connectivity index (χ2n) is 5.93. The lowest BCUT2D eigenvalue weighted by molar-refractivity contribution is -0.122. The molecule has 8 heteroatoms. The average Bonchev–Trinajstić information content (AvgIpc) is 3.21. The van der Waals surface area contributed by atoms with E-state index >= 15 is 0 Å². The molecule has 0 fully saturated rings. The number of amides is 1. The monoisotopic (exact) mass is 367 g/mol. The second kappa shape index (κ2) is 7.36. The molecule has 0 unspecified atom stereocenters. The molecule has 3 aromatic rings. The van der Waals surface area contributed by atoms with E-state index in [-0.39, 0.29) is 24.6 Å². The van der Waals surface area contributed by atoms with Crippen LogP contribution in [0.4, 0.5) is 0 Å². The van der Waals surface area contributed by atoms with Gasteiger partial charge in [-0.3, -0.25) is 9.59 Å². The minimum atomic E-state index is -0.357. The minimum absolute atomic E-state index is 0.183. The highest BCUT2D eigenvalue weighted by Gasteiger charge is 2.14. The summed E-state index contributed by atoms with van der Waals surface area (Å²) in [6.07, 6.45) is 1.53. The van der Waals surface area contributed by atoms with Gasteiger partial charge in [-0.2, -0.15) is 5.10 Å². The molecule has 1 aromatic carbocycles. The Bertz CT molecular complexity index is 1010. The number of aromatic nitrogens is 2. The highest BCUT2D eigenvalue weighted by molar-refractivity contribution is 5.75. The highest BCUT2D eigenvalue weighted by atomic mass is 16.6. The molecular weight excluding hydrogens is 350 g/mol. The number of hydrogen-bond acceptors (Lipinski definition) is 6. The third-order valence-electron chi connectivity index (χ3n) is 4.04. The van der Waals surface area contributed by atoms with Crippen molar-refractivity contribution in [3.8, 4) is 22.8 Å². The van der Waals surface area contributed by atoms with E-state index in [0.29, 0.717) is 36.2 Å². The van der Waals surface area contributed by atoms with Gasteiger partial charge in [0.2, 0.25) is 5.91 Å². The number of carbonyl (C=O) groups is 1. The summed E-state index contributed by atoms with van der Waals surface area (Å²) in [6, 6.07) is 11.9. The Hall–Kier alpha value is -3.55. The van der Waals surface area contributed by atoms with Crippen molar-refractivity contribution in [1.29, 1.82) is 0 Å². The zero-order valence-electron chi connectivity index (χ0n) is 14.4. The molecule has 0 spiro atoms. The lowest BCUT2D eigenvalue weighted by Crippen LogP contribution is -2.33. The van der Waals surface area contributed by atoms with E-state index in [4.69, 9.17) is 13.9 Å². The van der Waals surface area contributed by atoms with Crippen LogP contribution in [0.2, 0.25) is 0 Å². The first kappa shape index (κ1) is 16.9. The van der Waals surface area contributed by atoms with Crippen LogP contribution < -0.4 is 20.3 Å². The van der Waals surface area contributed by atoms with Crippen molar-refractivity contribution in [2.24, 2.45) is 0 Å². The van der Waals surface area contributed by atoms with Crippen LogP contribution in [-0.4, -0.2) is 28.9 Å². The third-order valence-corrected chi connectivity index (χ3v) is 4.04. The van der Waals surface area contributed by atoms with Crippen molar-refractivity contribution in [3.05, 3.63) is 64.8 Å². The number of carbonyl (C=O) groups excluding carboxylic acids is 1. The number of nitrogens with one attached hydrogen (secondary N) is 1. The van der Waals surface area contributed by atoms with Crippen molar-refractivity contribution < 1.29 is 18.7 Å². The van der Waals surface area contributed by atoms with Crippen LogP contribution >= 0.6 is 0 Å². The number of hydrogen-bond donors (Lipinski definition) is 1. The molecule has 0 saturated carbocycles. The average molecular weight is 367 g/mol. The van der Waals surface area contributed by atoms with Gasteiger partial charge in [0, 0.05) is 11.6 Å². The van der Waals surface area contributed by atoms with Gasteiger partial charge in [0.05, 0.1) is 18.5 Å². The molecule has 3 heterocycles. The lowest BCUT2D eigenvalue weighted by atomic mass is 10.1. The minimum Gasteiger partial charge on any atom is -0.486 e. The predicted octanol–water partition coefficient (Wildman–Crippen LogP) is 1.59. The maximum atomic E-state index is 12.1. The largest absolute Gasteiger partial charge is 0.486 e. The van der Waals surface area contributed by atoms with E-state index in [1.165, 1.54) is 12.3 Å². The summed E-state index contributed by atoms with van der Waals surface area (Å²) in [5.74, 6) is 1.61. The van der Waals surface area contributed by atoms with E-state index < -0.39 is 0 Å². The van der Waals surface area contributed by atoms with Gasteiger partial charge in [-0.05, 0) is 36.4 Å². The molecule has 0 saturated heterocycles. The third kappa shape index (κ3) is 3.84. The molecule has 1 aliphatic heterocycles. The first-order valence-corrected chi connectivity index (χ1v) is 8.46. The van der Waals surface area contributed by atoms with Gasteiger partial charge < -0.3 is 19.2 Å². The zero-order chi connectivity index (χ0) is 18.6. The van der Waals surface area contributed by atoms with Crippen molar-refractivity contribution >= 4 is 5.91 Å². The van der Waals surface area contributed by atoms with Crippen LogP contribution in [0.15, 0.2) is 57.9 Å². The maximum absolute atomic E-state index is 12.1. The summed E-state index contributed by atoms with van der Waals surface area (Å²) in [6.45, 7) is 1.07. The van der Waals surface area contributed by atoms with Gasteiger partial charge >= 0.3 is 0 Å².